The van der Waals surface area contributed by atoms with Crippen molar-refractivity contribution in [3.05, 3.63) is 320 Å². The van der Waals surface area contributed by atoms with Gasteiger partial charge in [0.2, 0.25) is 0 Å². The van der Waals surface area contributed by atoms with Crippen LogP contribution in [0.3, 0.4) is 0 Å². The predicted octanol–water partition coefficient (Wildman–Crippen LogP) is 26.1. The van der Waals surface area contributed by atoms with Gasteiger partial charge in [0, 0.05) is 62.0 Å². The third-order valence-corrected chi connectivity index (χ3v) is 23.1. The number of benzene rings is 16. The highest BCUT2D eigenvalue weighted by atomic mass is 15.2. The van der Waals surface area contributed by atoms with E-state index in [1.54, 1.807) is 0 Å². The maximum absolute atomic E-state index is 2.66. The second-order valence-electron chi connectivity index (χ2n) is 33.8. The first-order chi connectivity index (χ1) is 50.6. The van der Waals surface area contributed by atoms with Crippen LogP contribution in [0.2, 0.25) is 0 Å². The lowest BCUT2D eigenvalue weighted by atomic mass is 9.33. The monoisotopic (exact) mass is 1350 g/mol. The second kappa shape index (κ2) is 23.4. The summed E-state index contributed by atoms with van der Waals surface area (Å²) in [5.41, 5.74) is 24.5. The van der Waals surface area contributed by atoms with Gasteiger partial charge in [0.15, 0.2) is 0 Å². The molecule has 0 radical (unpaired) electrons. The minimum absolute atomic E-state index is 0.0513. The largest absolute Gasteiger partial charge is 0.311 e. The molecule has 0 fully saturated rings. The molecular weight excluding hydrogens is 1270 g/mol. The lowest BCUT2D eigenvalue weighted by Gasteiger charge is -2.45. The molecule has 4 nitrogen and oxygen atoms in total. The molecule has 2 aliphatic heterocycles. The topological polar surface area (TPSA) is 14.7 Å². The van der Waals surface area contributed by atoms with Crippen LogP contribution in [-0.4, -0.2) is 11.3 Å². The molecule has 0 N–H and O–H groups in total. The second-order valence-corrected chi connectivity index (χ2v) is 33.8. The normalized spacial score (nSPS) is 13.3. The molecule has 5 heteroatoms. The van der Waals surface area contributed by atoms with Gasteiger partial charge < -0.3 is 19.3 Å². The van der Waals surface area contributed by atoms with Crippen molar-refractivity contribution in [1.29, 1.82) is 0 Å². The van der Waals surface area contributed by atoms with Crippen LogP contribution in [0.25, 0.3) is 103 Å². The van der Waals surface area contributed by atoms with Crippen molar-refractivity contribution in [2.45, 2.75) is 105 Å². The van der Waals surface area contributed by atoms with Crippen molar-refractivity contribution < 1.29 is 0 Å². The fourth-order valence-electron chi connectivity index (χ4n) is 17.6. The number of hydrogen-bond donors (Lipinski definition) is 0. The van der Waals surface area contributed by atoms with Crippen LogP contribution >= 0.6 is 0 Å². The van der Waals surface area contributed by atoms with Crippen molar-refractivity contribution in [3.63, 3.8) is 0 Å². The van der Waals surface area contributed by atoms with Crippen molar-refractivity contribution in [2.75, 3.05) is 14.7 Å². The Labute approximate surface area is 617 Å². The zero-order valence-electron chi connectivity index (χ0n) is 62.2. The maximum atomic E-state index is 2.66. The molecule has 2 aliphatic rings. The quantitative estimate of drug-likeness (QED) is 0.117. The Morgan fingerprint density at radius 3 is 1.05 bits per heavy atom. The molecule has 3 heterocycles. The molecule has 0 saturated heterocycles. The summed E-state index contributed by atoms with van der Waals surface area (Å²) in [7, 11) is 0. The molecule has 105 heavy (non-hydrogen) atoms. The first-order valence-electron chi connectivity index (χ1n) is 37.5. The number of anilines is 9. The van der Waals surface area contributed by atoms with Gasteiger partial charge in [-0.05, 0) is 239 Å². The van der Waals surface area contributed by atoms with E-state index in [2.05, 4.69) is 400 Å². The van der Waals surface area contributed by atoms with Gasteiger partial charge in [0.05, 0.1) is 16.7 Å². The highest BCUT2D eigenvalue weighted by Gasteiger charge is 2.45. The molecule has 0 spiro atoms. The van der Waals surface area contributed by atoms with E-state index in [1.165, 1.54) is 136 Å². The van der Waals surface area contributed by atoms with Crippen LogP contribution in [0.5, 0.6) is 0 Å². The minimum Gasteiger partial charge on any atom is -0.311 e. The molecule has 0 aliphatic carbocycles. The number of hydrogen-bond acceptors (Lipinski definition) is 3. The third kappa shape index (κ3) is 10.3. The van der Waals surface area contributed by atoms with Crippen molar-refractivity contribution in [1.82, 2.24) is 4.57 Å². The summed E-state index contributed by atoms with van der Waals surface area (Å²) in [5.74, 6) is 0. The van der Waals surface area contributed by atoms with Crippen molar-refractivity contribution in [2.24, 2.45) is 0 Å². The zero-order chi connectivity index (χ0) is 71.7. The molecule has 17 aromatic rings. The molecule has 19 rings (SSSR count). The molecule has 1 aromatic heterocycles. The summed E-state index contributed by atoms with van der Waals surface area (Å²) in [6.07, 6.45) is 0. The Hall–Kier alpha value is -11.7. The standard InChI is InChI=1S/C100H85BN4/c1-97(2,3)64-35-41-68(42-36-64)102(69-43-37-65(38-44-69)98(4,5)6)73-60-94-96-95(61-73)105(71-46-49-83-79-31-19-17-27-75(79)77-29-21-23-33-81(77)85(83)58-71)93-59-72(103-90-52-39-66(99(7,8)9)55-86(90)87-56-67(100(10,11)12)40-53-91(87)103)47-50-88(93)101(96)89-54-63(62-24-14-13-15-25-62)34-51-92(89)104(94)70-45-48-82-78-30-18-16-26-74(78)76-28-20-22-32-80(76)84(82)57-70/h13-61H,1-12H3. The summed E-state index contributed by atoms with van der Waals surface area (Å²) < 4.78 is 2.56. The fraction of sp³-hybridized carbons (Fsp3) is 0.160. The Kier molecular flexibility index (Phi) is 14.3. The minimum atomic E-state index is -0.220. The van der Waals surface area contributed by atoms with Crippen LogP contribution in [-0.2, 0) is 21.7 Å². The number of fused-ring (bicyclic) bond motifs is 19. The van der Waals surface area contributed by atoms with E-state index in [1.807, 2.05) is 0 Å². The van der Waals surface area contributed by atoms with Gasteiger partial charge in [0.25, 0.3) is 6.71 Å². The molecule has 508 valence electrons. The fourth-order valence-corrected chi connectivity index (χ4v) is 17.6. The first-order valence-corrected chi connectivity index (χ1v) is 37.5. The zero-order valence-corrected chi connectivity index (χ0v) is 62.2. The maximum Gasteiger partial charge on any atom is 0.252 e. The molecule has 0 bridgehead atoms. The number of aromatic nitrogens is 1. The van der Waals surface area contributed by atoms with Gasteiger partial charge in [-0.25, -0.2) is 0 Å². The Bertz CT molecular complexity index is 6250. The predicted molar refractivity (Wildman–Crippen MR) is 455 cm³/mol. The number of rotatable bonds is 7. The molecule has 16 aromatic carbocycles. The van der Waals surface area contributed by atoms with Gasteiger partial charge in [-0.3, -0.25) is 0 Å². The molecular formula is C100H85BN4. The molecule has 0 unspecified atom stereocenters. The average Bonchev–Trinajstić information content (AvgIpc) is 0.772. The Morgan fingerprint density at radius 1 is 0.238 bits per heavy atom. The van der Waals surface area contributed by atoms with E-state index < -0.39 is 0 Å². The van der Waals surface area contributed by atoms with Crippen LogP contribution in [0.4, 0.5) is 51.2 Å². The summed E-state index contributed by atoms with van der Waals surface area (Å²) in [5, 5.41) is 17.4. The highest BCUT2D eigenvalue weighted by Crippen LogP contribution is 2.52. The summed E-state index contributed by atoms with van der Waals surface area (Å²) in [6, 6.07) is 115. The molecule has 0 amide bonds. The van der Waals surface area contributed by atoms with Gasteiger partial charge in [0.1, 0.15) is 0 Å². The Morgan fingerprint density at radius 2 is 0.619 bits per heavy atom. The summed E-state index contributed by atoms with van der Waals surface area (Å²) in [4.78, 5) is 7.82. The Balaban J connectivity index is 0.964. The number of nitrogens with zero attached hydrogens (tertiary/aromatic N) is 4. The van der Waals surface area contributed by atoms with Crippen LogP contribution in [0.15, 0.2) is 297 Å². The average molecular weight is 1350 g/mol. The van der Waals surface area contributed by atoms with Crippen LogP contribution in [0.1, 0.15) is 105 Å². The third-order valence-electron chi connectivity index (χ3n) is 23.1. The van der Waals surface area contributed by atoms with E-state index in [0.29, 0.717) is 0 Å². The van der Waals surface area contributed by atoms with E-state index in [0.717, 1.165) is 56.9 Å². The lowest BCUT2D eigenvalue weighted by Crippen LogP contribution is -2.61. The lowest BCUT2D eigenvalue weighted by molar-refractivity contribution is 0.590. The van der Waals surface area contributed by atoms with Crippen LogP contribution < -0.4 is 31.1 Å². The highest BCUT2D eigenvalue weighted by molar-refractivity contribution is 7.00. The van der Waals surface area contributed by atoms with Gasteiger partial charge in [-0.15, -0.1) is 0 Å². The van der Waals surface area contributed by atoms with Gasteiger partial charge >= 0.3 is 0 Å². The van der Waals surface area contributed by atoms with E-state index in [4.69, 9.17) is 0 Å². The van der Waals surface area contributed by atoms with Gasteiger partial charge in [-0.1, -0.05) is 277 Å². The van der Waals surface area contributed by atoms with E-state index in [-0.39, 0.29) is 28.4 Å². The first kappa shape index (κ1) is 64.2. The van der Waals surface area contributed by atoms with E-state index in [9.17, 15) is 0 Å². The summed E-state index contributed by atoms with van der Waals surface area (Å²) >= 11 is 0. The SMILES string of the molecule is CC(C)(C)c1ccc(N(c2ccc(C(C)(C)C)cc2)c2cc3c4c(c2)N(c2ccc5c6ccccc6c6ccccc6c5c2)c2cc(-n5c6ccc(C(C)(C)C)cc6c6cc(C(C)(C)C)ccc65)ccc2B4c2cc(-c4ccccc4)ccc2N3c2ccc3c4ccccc4c4ccccc4c3c2)cc1. The van der Waals surface area contributed by atoms with Crippen molar-refractivity contribution in [3.8, 4) is 16.8 Å². The summed E-state index contributed by atoms with van der Waals surface area (Å²) in [6.45, 7) is 27.6. The van der Waals surface area contributed by atoms with Crippen molar-refractivity contribution >= 4 is 161 Å². The van der Waals surface area contributed by atoms with Crippen LogP contribution in [0, 0.1) is 0 Å². The molecule has 0 atom stereocenters. The van der Waals surface area contributed by atoms with Gasteiger partial charge in [-0.2, -0.15) is 0 Å². The van der Waals surface area contributed by atoms with E-state index >= 15 is 0 Å². The smallest absolute Gasteiger partial charge is 0.252 e. The molecule has 0 saturated carbocycles.